The third-order valence-electron chi connectivity index (χ3n) is 2.73. The minimum absolute atomic E-state index is 0.211. The fraction of sp³-hybridized carbons (Fsp3) is 0.462. The average Bonchev–Trinajstić information content (AvgIpc) is 2.63. The van der Waals surface area contributed by atoms with Gasteiger partial charge in [-0.15, -0.1) is 0 Å². The summed E-state index contributed by atoms with van der Waals surface area (Å²) >= 11 is 0. The molecule has 0 saturated carbocycles. The second-order valence-electron chi connectivity index (χ2n) is 4.09. The summed E-state index contributed by atoms with van der Waals surface area (Å²) in [5.41, 5.74) is 6.76. The van der Waals surface area contributed by atoms with Gasteiger partial charge in [-0.1, -0.05) is 26.0 Å². The van der Waals surface area contributed by atoms with Crippen molar-refractivity contribution in [3.63, 3.8) is 0 Å². The van der Waals surface area contributed by atoms with Gasteiger partial charge in [0.1, 0.15) is 18.4 Å². The first kappa shape index (κ1) is 16.5. The first-order valence-corrected chi connectivity index (χ1v) is 6.61. The number of nitrogens with two attached hydrogens (primary N) is 1. The molecule has 0 amide bonds. The number of fused-ring (bicyclic) bond motifs is 1. The zero-order chi connectivity index (χ0) is 15.1. The molecule has 1 aromatic rings. The number of hydrogen-bond donors (Lipinski definition) is 3. The summed E-state index contributed by atoms with van der Waals surface area (Å²) in [6.45, 7) is 4.65. The maximum Gasteiger partial charge on any atom is 0.495 e. The van der Waals surface area contributed by atoms with Crippen LogP contribution in [-0.4, -0.2) is 42.5 Å². The lowest BCUT2D eigenvalue weighted by Gasteiger charge is -2.11. The van der Waals surface area contributed by atoms with Crippen LogP contribution in [0.15, 0.2) is 18.2 Å². The van der Waals surface area contributed by atoms with Crippen LogP contribution in [-0.2, 0) is 15.9 Å². The molecule has 1 aliphatic rings. The molecule has 1 aliphatic heterocycles. The summed E-state index contributed by atoms with van der Waals surface area (Å²) in [5, 5.41) is 18.4. The summed E-state index contributed by atoms with van der Waals surface area (Å²) in [7, 11) is -1.01. The van der Waals surface area contributed by atoms with Gasteiger partial charge in [-0.2, -0.15) is 0 Å². The Bertz CT molecular complexity index is 454. The number of aliphatic carboxylic acids is 1. The Labute approximate surface area is 118 Å². The molecule has 1 aromatic carbocycles. The lowest BCUT2D eigenvalue weighted by molar-refractivity contribution is -0.138. The quantitative estimate of drug-likeness (QED) is 0.661. The van der Waals surface area contributed by atoms with Gasteiger partial charge in [0.15, 0.2) is 0 Å². The van der Waals surface area contributed by atoms with E-state index in [-0.39, 0.29) is 6.42 Å². The number of ether oxygens (including phenoxy) is 1. The smallest absolute Gasteiger partial charge is 0.492 e. The van der Waals surface area contributed by atoms with Crippen LogP contribution in [0.1, 0.15) is 19.4 Å². The van der Waals surface area contributed by atoms with Gasteiger partial charge in [-0.25, -0.2) is 0 Å². The number of carboxylic acid groups (broad SMARTS) is 1. The predicted molar refractivity (Wildman–Crippen MR) is 76.2 cm³/mol. The Morgan fingerprint density at radius 3 is 2.80 bits per heavy atom. The van der Waals surface area contributed by atoms with Gasteiger partial charge in [0.25, 0.3) is 0 Å². The van der Waals surface area contributed by atoms with Gasteiger partial charge >= 0.3 is 13.1 Å². The molecule has 7 heteroatoms. The molecule has 0 aliphatic carbocycles. The molecule has 0 aromatic heterocycles. The molecule has 1 heterocycles. The van der Waals surface area contributed by atoms with E-state index in [2.05, 4.69) is 0 Å². The summed E-state index contributed by atoms with van der Waals surface area (Å²) in [6.07, 6.45) is 0.211. The molecule has 0 spiro atoms. The van der Waals surface area contributed by atoms with E-state index in [1.807, 2.05) is 13.8 Å². The zero-order valence-corrected chi connectivity index (χ0v) is 11.7. The Hall–Kier alpha value is -1.57. The molecular formula is C13H20BNO5. The Balaban J connectivity index is 0.000000956. The molecule has 20 heavy (non-hydrogen) atoms. The number of hydrogen-bond acceptors (Lipinski definition) is 5. The molecule has 0 radical (unpaired) electrons. The van der Waals surface area contributed by atoms with Crippen LogP contribution in [0.3, 0.4) is 0 Å². The van der Waals surface area contributed by atoms with Gasteiger partial charge in [-0.3, -0.25) is 4.79 Å². The van der Waals surface area contributed by atoms with Gasteiger partial charge in [0.05, 0.1) is 6.61 Å². The van der Waals surface area contributed by atoms with E-state index in [0.29, 0.717) is 24.4 Å². The average molecular weight is 281 g/mol. The lowest BCUT2D eigenvalue weighted by atomic mass is 9.78. The summed E-state index contributed by atoms with van der Waals surface area (Å²) in [5.74, 6) is -0.538. The van der Waals surface area contributed by atoms with Crippen molar-refractivity contribution in [2.75, 3.05) is 13.2 Å². The highest BCUT2D eigenvalue weighted by Crippen LogP contribution is 2.15. The first-order chi connectivity index (χ1) is 9.58. The fourth-order valence-corrected chi connectivity index (χ4v) is 1.78. The maximum absolute atomic E-state index is 10.7. The summed E-state index contributed by atoms with van der Waals surface area (Å²) in [4.78, 5) is 10.7. The van der Waals surface area contributed by atoms with Gasteiger partial charge in [0.2, 0.25) is 0 Å². The van der Waals surface area contributed by atoms with Gasteiger partial charge < -0.3 is 25.3 Å². The van der Waals surface area contributed by atoms with E-state index in [0.717, 1.165) is 5.56 Å². The van der Waals surface area contributed by atoms with E-state index in [4.69, 9.17) is 20.2 Å². The van der Waals surface area contributed by atoms with Crippen molar-refractivity contribution in [3.8, 4) is 5.75 Å². The predicted octanol–water partition coefficient (Wildman–Crippen LogP) is -0.236. The first-order valence-electron chi connectivity index (χ1n) is 6.61. The Morgan fingerprint density at radius 1 is 1.45 bits per heavy atom. The second kappa shape index (κ2) is 7.89. The number of benzene rings is 1. The molecule has 1 atom stereocenters. The topological polar surface area (TPSA) is 102 Å². The van der Waals surface area contributed by atoms with E-state index in [1.54, 1.807) is 18.2 Å². The highest BCUT2D eigenvalue weighted by Gasteiger charge is 2.24. The molecule has 110 valence electrons. The molecule has 0 saturated heterocycles. The van der Waals surface area contributed by atoms with Gasteiger partial charge in [-0.05, 0) is 18.1 Å². The van der Waals surface area contributed by atoms with Crippen molar-refractivity contribution >= 4 is 18.6 Å². The Kier molecular flexibility index (Phi) is 6.50. The van der Waals surface area contributed by atoms with Crippen LogP contribution >= 0.6 is 0 Å². The fourth-order valence-electron chi connectivity index (χ4n) is 1.78. The van der Waals surface area contributed by atoms with E-state index < -0.39 is 19.1 Å². The number of rotatable bonds is 3. The van der Waals surface area contributed by atoms with Crippen molar-refractivity contribution in [3.05, 3.63) is 23.8 Å². The highest BCUT2D eigenvalue weighted by molar-refractivity contribution is 6.61. The normalized spacial score (nSPS) is 15.1. The van der Waals surface area contributed by atoms with Crippen molar-refractivity contribution < 1.29 is 24.3 Å². The third kappa shape index (κ3) is 4.23. The van der Waals surface area contributed by atoms with E-state index >= 15 is 0 Å². The molecule has 1 unspecified atom stereocenters. The maximum atomic E-state index is 10.7. The molecule has 2 rings (SSSR count). The van der Waals surface area contributed by atoms with Crippen LogP contribution < -0.4 is 15.9 Å². The zero-order valence-electron chi connectivity index (χ0n) is 11.7. The van der Waals surface area contributed by atoms with Gasteiger partial charge in [0, 0.05) is 5.46 Å². The van der Waals surface area contributed by atoms with Crippen molar-refractivity contribution in [2.24, 2.45) is 5.73 Å². The van der Waals surface area contributed by atoms with Crippen LogP contribution in [0.4, 0.5) is 0 Å². The molecule has 0 bridgehead atoms. The highest BCUT2D eigenvalue weighted by atomic mass is 16.6. The van der Waals surface area contributed by atoms with Crippen LogP contribution in [0, 0.1) is 0 Å². The monoisotopic (exact) mass is 281 g/mol. The Morgan fingerprint density at radius 2 is 2.15 bits per heavy atom. The van der Waals surface area contributed by atoms with Crippen molar-refractivity contribution in [1.82, 2.24) is 0 Å². The molecule has 4 N–H and O–H groups in total. The molecule has 6 nitrogen and oxygen atoms in total. The van der Waals surface area contributed by atoms with Crippen molar-refractivity contribution in [2.45, 2.75) is 26.3 Å². The van der Waals surface area contributed by atoms with E-state index in [1.165, 1.54) is 0 Å². The minimum Gasteiger partial charge on any atom is -0.492 e. The largest absolute Gasteiger partial charge is 0.495 e. The standard InChI is InChI=1S/C11H14BNO5.C2H6/c13-9(11(14)15)5-7-1-2-8-10(6-7)17-3-4-18-12(8)16;1-2/h1-2,6,9,16H,3-5,13H2,(H,14,15);1-2H3. The third-order valence-corrected chi connectivity index (χ3v) is 2.73. The summed E-state index contributed by atoms with van der Waals surface area (Å²) in [6, 6.07) is 4.11. The molecule has 0 fully saturated rings. The number of carbonyl (C=O) groups is 1. The van der Waals surface area contributed by atoms with Crippen LogP contribution in [0.25, 0.3) is 0 Å². The van der Waals surface area contributed by atoms with Crippen LogP contribution in [0.2, 0.25) is 0 Å². The lowest BCUT2D eigenvalue weighted by Crippen LogP contribution is -2.34. The minimum atomic E-state index is -1.05. The molecular weight excluding hydrogens is 261 g/mol. The van der Waals surface area contributed by atoms with E-state index in [9.17, 15) is 9.82 Å². The van der Waals surface area contributed by atoms with Crippen molar-refractivity contribution in [1.29, 1.82) is 0 Å². The number of carboxylic acids is 1. The SMILES string of the molecule is CC.NC(Cc1ccc2c(c1)OCCOB2O)C(=O)O. The second-order valence-corrected chi connectivity index (χ2v) is 4.09. The van der Waals surface area contributed by atoms with Crippen LogP contribution in [0.5, 0.6) is 5.75 Å². The summed E-state index contributed by atoms with van der Waals surface area (Å²) < 4.78 is 10.5.